The Morgan fingerprint density at radius 3 is 1.39 bits per heavy atom. The average Bonchev–Trinajstić information content (AvgIpc) is 4.33. The minimum atomic E-state index is -0.499. The maximum Gasteiger partial charge on any atom is 0.324 e. The second kappa shape index (κ2) is 21.9. The standard InChI is InChI=1S/C28H30ClN9O.C27H25ClN10O.CH4/c1-15-7-9-18(11-16(15)2)38-22(13-21(35-38)28(3,4)5)34-27(39)33-20-10-8-17(12-19(20)29)24-23-25(30)31-14-32-26(23)37(6)36-24;1-27(2,3)20-12-21(38(35-20)17-8-5-15(13-29)6-9-17)34-26(39)33-19-10-7-16(11-18(19)28)23-22-24(30)31-14-32-25(22)37(4)36-23;/h7-14H,1-6H3,(H2,30,31,32)(H2,33,34,39);5-12,14H,1-4H3,(H2,30,31,32)(H2,33,34,39);1H4. The van der Waals surface area contributed by atoms with E-state index in [9.17, 15) is 9.59 Å². The molecule has 0 radical (unpaired) electrons. The number of carbonyl (C=O) groups is 2. The fourth-order valence-electron chi connectivity index (χ4n) is 8.29. The van der Waals surface area contributed by atoms with Crippen molar-refractivity contribution in [3.8, 4) is 40.0 Å². The van der Waals surface area contributed by atoms with Gasteiger partial charge in [0.1, 0.15) is 47.3 Å². The highest BCUT2D eigenvalue weighted by Crippen LogP contribution is 2.36. The van der Waals surface area contributed by atoms with Gasteiger partial charge in [-0.25, -0.2) is 48.3 Å². The summed E-state index contributed by atoms with van der Waals surface area (Å²) in [5.74, 6) is 1.65. The number of halogens is 2. The third kappa shape index (κ3) is 11.7. The zero-order chi connectivity index (χ0) is 56.0. The van der Waals surface area contributed by atoms with Gasteiger partial charge in [-0.15, -0.1) is 0 Å². The number of rotatable bonds is 8. The monoisotopic (exact) mass is 1100 g/mol. The topological polar surface area (TPSA) is 281 Å². The smallest absolute Gasteiger partial charge is 0.324 e. The van der Waals surface area contributed by atoms with Crippen molar-refractivity contribution in [2.45, 2.75) is 73.6 Å². The molecule has 10 aromatic rings. The number of hydrogen-bond acceptors (Lipinski definition) is 13. The summed E-state index contributed by atoms with van der Waals surface area (Å²) in [5, 5.41) is 41.1. The Bertz CT molecular complexity index is 4000. The zero-order valence-corrected chi connectivity index (χ0v) is 45.9. The normalized spacial score (nSPS) is 11.4. The van der Waals surface area contributed by atoms with Gasteiger partial charge in [0.25, 0.3) is 0 Å². The lowest BCUT2D eigenvalue weighted by Gasteiger charge is -2.14. The van der Waals surface area contributed by atoms with Crippen molar-refractivity contribution in [2.24, 2.45) is 14.1 Å². The number of hydrogen-bond donors (Lipinski definition) is 6. The van der Waals surface area contributed by atoms with Crippen LogP contribution in [-0.2, 0) is 24.9 Å². The molecule has 0 aliphatic rings. The Morgan fingerprint density at radius 2 is 0.987 bits per heavy atom. The van der Waals surface area contributed by atoms with E-state index in [0.717, 1.165) is 28.2 Å². The number of fused-ring (bicyclic) bond motifs is 2. The molecule has 404 valence electrons. The molecule has 0 unspecified atom stereocenters. The van der Waals surface area contributed by atoms with Crippen molar-refractivity contribution in [2.75, 3.05) is 32.7 Å². The molecule has 0 aliphatic heterocycles. The molecule has 4 amide bonds. The van der Waals surface area contributed by atoms with Crippen LogP contribution in [0.3, 0.4) is 0 Å². The van der Waals surface area contributed by atoms with Gasteiger partial charge in [-0.2, -0.15) is 25.7 Å². The van der Waals surface area contributed by atoms with Crippen LogP contribution in [0.15, 0.2) is 104 Å². The van der Waals surface area contributed by atoms with Crippen molar-refractivity contribution in [3.63, 3.8) is 0 Å². The van der Waals surface area contributed by atoms with Gasteiger partial charge < -0.3 is 22.1 Å². The number of aromatic nitrogens is 12. The van der Waals surface area contributed by atoms with Crippen LogP contribution in [0.4, 0.5) is 44.2 Å². The number of aryl methyl sites for hydroxylation is 4. The second-order valence-corrected chi connectivity index (χ2v) is 21.3. The predicted octanol–water partition coefficient (Wildman–Crippen LogP) is 11.9. The molecule has 6 aromatic heterocycles. The SMILES string of the molecule is C.Cc1ccc(-n2nc(C(C)(C)C)cc2NC(=O)Nc2ccc(-c3nn(C)c4ncnc(N)c34)cc2Cl)cc1C.Cn1nc(-c2ccc(NC(=O)Nc3cc(C(C)(C)C)nn3-c3ccc(C#N)cc3)c(Cl)c2)c2c(N)ncnc21. The van der Waals surface area contributed by atoms with E-state index in [2.05, 4.69) is 85.2 Å². The Hall–Kier alpha value is -9.39. The number of urea groups is 2. The van der Waals surface area contributed by atoms with Crippen LogP contribution in [0.5, 0.6) is 0 Å². The number of amides is 4. The maximum absolute atomic E-state index is 13.1. The summed E-state index contributed by atoms with van der Waals surface area (Å²) in [6.07, 6.45) is 2.79. The number of benzene rings is 4. The molecule has 0 atom stereocenters. The van der Waals surface area contributed by atoms with Crippen LogP contribution >= 0.6 is 23.2 Å². The van der Waals surface area contributed by atoms with Crippen LogP contribution in [0.2, 0.25) is 10.0 Å². The fraction of sp³-hybridized carbons (Fsp3) is 0.232. The molecule has 23 heteroatoms. The third-order valence-corrected chi connectivity index (χ3v) is 13.3. The highest BCUT2D eigenvalue weighted by Gasteiger charge is 2.25. The summed E-state index contributed by atoms with van der Waals surface area (Å²) in [5.41, 5.74) is 22.5. The highest BCUT2D eigenvalue weighted by molar-refractivity contribution is 6.34. The first kappa shape index (κ1) is 55.8. The second-order valence-electron chi connectivity index (χ2n) is 20.5. The number of carbonyl (C=O) groups excluding carboxylic acids is 2. The van der Waals surface area contributed by atoms with Crippen molar-refractivity contribution in [1.29, 1.82) is 5.26 Å². The summed E-state index contributed by atoms with van der Waals surface area (Å²) in [7, 11) is 3.56. The molecular formula is C56H59Cl2N19O2. The van der Waals surface area contributed by atoms with Gasteiger partial charge in [0.05, 0.1) is 66.6 Å². The van der Waals surface area contributed by atoms with Gasteiger partial charge in [0, 0.05) is 48.2 Å². The molecule has 79 heavy (non-hydrogen) atoms. The van der Waals surface area contributed by atoms with E-state index in [-0.39, 0.29) is 18.3 Å². The molecule has 0 saturated heterocycles. The van der Waals surface area contributed by atoms with Crippen molar-refractivity contribution >= 4 is 92.0 Å². The number of nitriles is 1. The minimum absolute atomic E-state index is 0. The van der Waals surface area contributed by atoms with Crippen molar-refractivity contribution < 1.29 is 9.59 Å². The highest BCUT2D eigenvalue weighted by atomic mass is 35.5. The molecule has 0 spiro atoms. The minimum Gasteiger partial charge on any atom is -0.383 e. The van der Waals surface area contributed by atoms with Crippen molar-refractivity contribution in [3.05, 3.63) is 142 Å². The largest absolute Gasteiger partial charge is 0.383 e. The lowest BCUT2D eigenvalue weighted by molar-refractivity contribution is 0.261. The van der Waals surface area contributed by atoms with Crippen molar-refractivity contribution in [1.82, 2.24) is 59.1 Å². The Labute approximate surface area is 466 Å². The lowest BCUT2D eigenvalue weighted by Crippen LogP contribution is -2.21. The lowest BCUT2D eigenvalue weighted by atomic mass is 9.92. The number of nitrogens with zero attached hydrogens (tertiary/aromatic N) is 13. The summed E-state index contributed by atoms with van der Waals surface area (Å²) in [4.78, 5) is 42.8. The summed E-state index contributed by atoms with van der Waals surface area (Å²) < 4.78 is 6.64. The van der Waals surface area contributed by atoms with E-state index < -0.39 is 12.1 Å². The van der Waals surface area contributed by atoms with Gasteiger partial charge in [-0.3, -0.25) is 10.6 Å². The molecule has 6 heterocycles. The van der Waals surface area contributed by atoms with Gasteiger partial charge in [-0.05, 0) is 85.6 Å². The molecule has 4 aromatic carbocycles. The first-order valence-corrected chi connectivity index (χ1v) is 25.1. The summed E-state index contributed by atoms with van der Waals surface area (Å²) >= 11 is 13.2. The van der Waals surface area contributed by atoms with E-state index >= 15 is 0 Å². The Morgan fingerprint density at radius 1 is 0.557 bits per heavy atom. The van der Waals surface area contributed by atoms with E-state index in [0.29, 0.717) is 95.0 Å². The number of nitrogen functional groups attached to an aromatic ring is 2. The number of nitrogens with one attached hydrogen (secondary N) is 4. The van der Waals surface area contributed by atoms with E-state index in [1.807, 2.05) is 64.1 Å². The van der Waals surface area contributed by atoms with Crippen LogP contribution in [0.1, 0.15) is 77.0 Å². The van der Waals surface area contributed by atoms with Crippen LogP contribution in [-0.4, -0.2) is 71.1 Å². The van der Waals surface area contributed by atoms with Crippen LogP contribution < -0.4 is 32.7 Å². The average molecular weight is 1100 g/mol. The number of anilines is 6. The number of nitrogens with two attached hydrogens (primary N) is 2. The van der Waals surface area contributed by atoms with Gasteiger partial charge in [0.15, 0.2) is 11.3 Å². The Balaban J connectivity index is 0.000000205. The first-order valence-electron chi connectivity index (χ1n) is 24.4. The molecule has 10 rings (SSSR count). The fourth-order valence-corrected chi connectivity index (χ4v) is 8.75. The zero-order valence-electron chi connectivity index (χ0n) is 44.4. The first-order chi connectivity index (χ1) is 37.0. The molecule has 21 nitrogen and oxygen atoms in total. The third-order valence-electron chi connectivity index (χ3n) is 12.7. The molecular weight excluding hydrogens is 1040 g/mol. The van der Waals surface area contributed by atoms with Gasteiger partial charge in [-0.1, -0.05) is 90.4 Å². The van der Waals surface area contributed by atoms with E-state index in [4.69, 9.17) is 50.1 Å². The summed E-state index contributed by atoms with van der Waals surface area (Å²) in [6, 6.07) is 28.3. The van der Waals surface area contributed by atoms with Crippen LogP contribution in [0.25, 0.3) is 56.0 Å². The predicted molar refractivity (Wildman–Crippen MR) is 313 cm³/mol. The van der Waals surface area contributed by atoms with E-state index in [1.54, 1.807) is 87.4 Å². The Kier molecular flexibility index (Phi) is 15.5. The quantitative estimate of drug-likeness (QED) is 0.0826. The molecule has 0 saturated carbocycles. The van der Waals surface area contributed by atoms with Gasteiger partial charge >= 0.3 is 12.1 Å². The molecule has 8 N–H and O–H groups in total. The molecule has 0 aliphatic carbocycles. The molecule has 0 bridgehead atoms. The van der Waals surface area contributed by atoms with E-state index in [1.165, 1.54) is 18.2 Å². The molecule has 0 fully saturated rings. The maximum atomic E-state index is 13.1. The summed E-state index contributed by atoms with van der Waals surface area (Å²) in [6.45, 7) is 16.5. The van der Waals surface area contributed by atoms with Crippen LogP contribution in [0, 0.1) is 25.2 Å². The van der Waals surface area contributed by atoms with Gasteiger partial charge in [0.2, 0.25) is 0 Å².